The summed E-state index contributed by atoms with van der Waals surface area (Å²) in [5.74, 6) is 0.144. The van der Waals surface area contributed by atoms with E-state index in [1.54, 1.807) is 0 Å². The van der Waals surface area contributed by atoms with Gasteiger partial charge in [0.1, 0.15) is 0 Å². The maximum absolute atomic E-state index is 12.5. The quantitative estimate of drug-likeness (QED) is 0.806. The van der Waals surface area contributed by atoms with Crippen molar-refractivity contribution in [3.63, 3.8) is 0 Å². The fraction of sp³-hybridized carbons (Fsp3) is 0.588. The number of carbonyl (C=O) groups excluding carboxylic acids is 1. The molecule has 0 heterocycles. The van der Waals surface area contributed by atoms with E-state index in [0.29, 0.717) is 6.04 Å². The van der Waals surface area contributed by atoms with E-state index in [9.17, 15) is 4.79 Å². The molecular formula is C17H26N2O. The summed E-state index contributed by atoms with van der Waals surface area (Å²) in [4.78, 5) is 12.5. The lowest BCUT2D eigenvalue weighted by Crippen LogP contribution is -2.39. The Morgan fingerprint density at radius 3 is 2.50 bits per heavy atom. The Bertz CT molecular complexity index is 421. The molecule has 3 N–H and O–H groups in total. The molecular weight excluding hydrogens is 248 g/mol. The Labute approximate surface area is 121 Å². The van der Waals surface area contributed by atoms with Crippen LogP contribution in [0.25, 0.3) is 0 Å². The van der Waals surface area contributed by atoms with Crippen LogP contribution in [0.4, 0.5) is 5.69 Å². The van der Waals surface area contributed by atoms with Crippen LogP contribution in [-0.4, -0.2) is 11.9 Å². The Hall–Kier alpha value is -1.51. The smallest absolute Gasteiger partial charge is 0.227 e. The van der Waals surface area contributed by atoms with Crippen LogP contribution in [0.3, 0.4) is 0 Å². The highest BCUT2D eigenvalue weighted by Crippen LogP contribution is 2.24. The second-order valence-electron chi connectivity index (χ2n) is 5.85. The van der Waals surface area contributed by atoms with E-state index in [4.69, 9.17) is 5.73 Å². The van der Waals surface area contributed by atoms with E-state index in [0.717, 1.165) is 36.9 Å². The van der Waals surface area contributed by atoms with Gasteiger partial charge < -0.3 is 11.1 Å². The molecule has 3 nitrogen and oxygen atoms in total. The van der Waals surface area contributed by atoms with Gasteiger partial charge in [0, 0.05) is 11.7 Å². The number of benzene rings is 1. The third kappa shape index (κ3) is 3.99. The molecule has 1 aromatic rings. The second-order valence-corrected chi connectivity index (χ2v) is 5.85. The molecule has 1 saturated carbocycles. The highest BCUT2D eigenvalue weighted by atomic mass is 16.1. The molecule has 2 rings (SSSR count). The Balaban J connectivity index is 2.02. The van der Waals surface area contributed by atoms with E-state index < -0.39 is 0 Å². The number of nitrogens with one attached hydrogen (secondary N) is 1. The van der Waals surface area contributed by atoms with Gasteiger partial charge in [-0.05, 0) is 37.0 Å². The Morgan fingerprint density at radius 2 is 1.90 bits per heavy atom. The fourth-order valence-electron chi connectivity index (χ4n) is 3.01. The molecule has 20 heavy (non-hydrogen) atoms. The Kier molecular flexibility index (Phi) is 5.45. The van der Waals surface area contributed by atoms with E-state index >= 15 is 0 Å². The molecule has 1 aliphatic rings. The summed E-state index contributed by atoms with van der Waals surface area (Å²) < 4.78 is 0. The van der Waals surface area contributed by atoms with Crippen molar-refractivity contribution in [1.82, 2.24) is 5.32 Å². The first-order chi connectivity index (χ1) is 9.70. The number of rotatable bonds is 5. The molecule has 110 valence electrons. The normalized spacial score (nSPS) is 17.6. The highest BCUT2D eigenvalue weighted by molar-refractivity contribution is 5.84. The van der Waals surface area contributed by atoms with Crippen LogP contribution in [0.15, 0.2) is 24.3 Å². The van der Waals surface area contributed by atoms with Gasteiger partial charge in [-0.2, -0.15) is 0 Å². The van der Waals surface area contributed by atoms with Crippen molar-refractivity contribution in [2.75, 3.05) is 5.73 Å². The van der Waals surface area contributed by atoms with Crippen LogP contribution in [0, 0.1) is 0 Å². The summed E-state index contributed by atoms with van der Waals surface area (Å²) in [5, 5.41) is 3.25. The summed E-state index contributed by atoms with van der Waals surface area (Å²) in [6.07, 6.45) is 7.95. The minimum absolute atomic E-state index is 0.0393. The van der Waals surface area contributed by atoms with Crippen LogP contribution in [0.1, 0.15) is 63.4 Å². The number of anilines is 1. The molecule has 0 bridgehead atoms. The maximum Gasteiger partial charge on any atom is 0.227 e. The number of carbonyl (C=O) groups is 1. The molecule has 0 saturated heterocycles. The first-order valence-corrected chi connectivity index (χ1v) is 7.86. The SMILES string of the molecule is CCC[C@@H](C(=O)NC1CCCCC1)c1ccc(N)cc1. The molecule has 1 amide bonds. The third-order valence-electron chi connectivity index (χ3n) is 4.18. The predicted octanol–water partition coefficient (Wildman–Crippen LogP) is 3.60. The monoisotopic (exact) mass is 274 g/mol. The fourth-order valence-corrected chi connectivity index (χ4v) is 3.01. The van der Waals surface area contributed by atoms with Gasteiger partial charge in [-0.3, -0.25) is 4.79 Å². The summed E-state index contributed by atoms with van der Waals surface area (Å²) >= 11 is 0. The lowest BCUT2D eigenvalue weighted by Gasteiger charge is -2.25. The van der Waals surface area contributed by atoms with Gasteiger partial charge in [0.25, 0.3) is 0 Å². The zero-order valence-electron chi connectivity index (χ0n) is 12.4. The van der Waals surface area contributed by atoms with Crippen molar-refractivity contribution in [3.05, 3.63) is 29.8 Å². The maximum atomic E-state index is 12.5. The van der Waals surface area contributed by atoms with Crippen molar-refractivity contribution in [2.45, 2.75) is 63.8 Å². The standard InChI is InChI=1S/C17H26N2O/c1-2-6-16(13-9-11-14(18)12-10-13)17(20)19-15-7-4-3-5-8-15/h9-12,15-16H,2-8,18H2,1H3,(H,19,20)/t16-/m1/s1. The van der Waals surface area contributed by atoms with Gasteiger partial charge in [-0.15, -0.1) is 0 Å². The molecule has 0 aromatic heterocycles. The van der Waals surface area contributed by atoms with Crippen LogP contribution in [0.2, 0.25) is 0 Å². The summed E-state index contributed by atoms with van der Waals surface area (Å²) in [6.45, 7) is 2.12. The van der Waals surface area contributed by atoms with Crippen LogP contribution in [-0.2, 0) is 4.79 Å². The average molecular weight is 274 g/mol. The number of hydrogen-bond donors (Lipinski definition) is 2. The highest BCUT2D eigenvalue weighted by Gasteiger charge is 2.23. The molecule has 1 fully saturated rings. The van der Waals surface area contributed by atoms with E-state index in [1.807, 2.05) is 24.3 Å². The topological polar surface area (TPSA) is 55.1 Å². The lowest BCUT2D eigenvalue weighted by molar-refractivity contribution is -0.123. The Morgan fingerprint density at radius 1 is 1.25 bits per heavy atom. The van der Waals surface area contributed by atoms with Crippen molar-refractivity contribution >= 4 is 11.6 Å². The zero-order valence-corrected chi connectivity index (χ0v) is 12.4. The van der Waals surface area contributed by atoms with E-state index in [2.05, 4.69) is 12.2 Å². The molecule has 0 radical (unpaired) electrons. The van der Waals surface area contributed by atoms with Gasteiger partial charge in [-0.25, -0.2) is 0 Å². The van der Waals surface area contributed by atoms with Gasteiger partial charge in [-0.1, -0.05) is 44.7 Å². The van der Waals surface area contributed by atoms with E-state index in [-0.39, 0.29) is 11.8 Å². The molecule has 0 aliphatic heterocycles. The van der Waals surface area contributed by atoms with Crippen molar-refractivity contribution in [3.8, 4) is 0 Å². The van der Waals surface area contributed by atoms with Gasteiger partial charge in [0.15, 0.2) is 0 Å². The molecule has 1 atom stereocenters. The summed E-state index contributed by atoms with van der Waals surface area (Å²) in [5.41, 5.74) is 7.55. The third-order valence-corrected chi connectivity index (χ3v) is 4.18. The second kappa shape index (κ2) is 7.32. The summed E-state index contributed by atoms with van der Waals surface area (Å²) in [7, 11) is 0. The van der Waals surface area contributed by atoms with E-state index in [1.165, 1.54) is 19.3 Å². The number of nitrogen functional groups attached to an aromatic ring is 1. The van der Waals surface area contributed by atoms with Crippen LogP contribution < -0.4 is 11.1 Å². The summed E-state index contributed by atoms with van der Waals surface area (Å²) in [6, 6.07) is 8.11. The van der Waals surface area contributed by atoms with Crippen molar-refractivity contribution < 1.29 is 4.79 Å². The zero-order chi connectivity index (χ0) is 14.4. The van der Waals surface area contributed by atoms with Crippen molar-refractivity contribution in [1.29, 1.82) is 0 Å². The lowest BCUT2D eigenvalue weighted by atomic mass is 9.91. The first-order valence-electron chi connectivity index (χ1n) is 7.86. The molecule has 3 heteroatoms. The van der Waals surface area contributed by atoms with Crippen LogP contribution in [0.5, 0.6) is 0 Å². The van der Waals surface area contributed by atoms with Gasteiger partial charge in [0.05, 0.1) is 5.92 Å². The number of nitrogens with two attached hydrogens (primary N) is 1. The van der Waals surface area contributed by atoms with Gasteiger partial charge >= 0.3 is 0 Å². The number of hydrogen-bond acceptors (Lipinski definition) is 2. The number of amides is 1. The van der Waals surface area contributed by atoms with Gasteiger partial charge in [0.2, 0.25) is 5.91 Å². The predicted molar refractivity (Wildman–Crippen MR) is 83.5 cm³/mol. The minimum atomic E-state index is -0.0393. The minimum Gasteiger partial charge on any atom is -0.399 e. The van der Waals surface area contributed by atoms with Crippen LogP contribution >= 0.6 is 0 Å². The first kappa shape index (κ1) is 14.9. The average Bonchev–Trinajstić information content (AvgIpc) is 2.47. The molecule has 0 spiro atoms. The largest absolute Gasteiger partial charge is 0.399 e. The molecule has 1 aromatic carbocycles. The van der Waals surface area contributed by atoms with Crippen molar-refractivity contribution in [2.24, 2.45) is 0 Å². The molecule has 1 aliphatic carbocycles. The molecule has 0 unspecified atom stereocenters.